The molecule has 0 aromatic carbocycles. The first-order chi connectivity index (χ1) is 6.65. The highest BCUT2D eigenvalue weighted by molar-refractivity contribution is 6.17. The number of carbonyl (C=O) groups excluding carboxylic acids is 1. The summed E-state index contributed by atoms with van der Waals surface area (Å²) in [4.78, 5) is 13.8. The number of halogens is 1. The Morgan fingerprint density at radius 3 is 2.57 bits per heavy atom. The van der Waals surface area contributed by atoms with E-state index in [0.29, 0.717) is 18.3 Å². The number of rotatable bonds is 6. The zero-order valence-electron chi connectivity index (χ0n) is 9.13. The summed E-state index contributed by atoms with van der Waals surface area (Å²) in [5.41, 5.74) is 0. The highest BCUT2D eigenvalue weighted by Crippen LogP contribution is 2.30. The van der Waals surface area contributed by atoms with Crippen LogP contribution in [0.25, 0.3) is 0 Å². The molecule has 0 heterocycles. The van der Waals surface area contributed by atoms with E-state index in [1.165, 1.54) is 12.8 Å². The number of nitrogens with zero attached hydrogens (tertiary/aromatic N) is 1. The zero-order chi connectivity index (χ0) is 10.6. The maximum atomic E-state index is 11.8. The minimum absolute atomic E-state index is 0.271. The van der Waals surface area contributed by atoms with E-state index in [2.05, 4.69) is 13.8 Å². The molecule has 1 aliphatic rings. The van der Waals surface area contributed by atoms with E-state index in [0.717, 1.165) is 18.9 Å². The van der Waals surface area contributed by atoms with Gasteiger partial charge in [0.05, 0.1) is 0 Å². The van der Waals surface area contributed by atoms with Crippen molar-refractivity contribution in [3.05, 3.63) is 0 Å². The van der Waals surface area contributed by atoms with Crippen molar-refractivity contribution in [3.8, 4) is 0 Å². The van der Waals surface area contributed by atoms with Gasteiger partial charge in [-0.05, 0) is 39.0 Å². The van der Waals surface area contributed by atoms with Crippen molar-refractivity contribution in [1.29, 1.82) is 0 Å². The zero-order valence-corrected chi connectivity index (χ0v) is 9.89. The summed E-state index contributed by atoms with van der Waals surface area (Å²) in [7, 11) is 0. The van der Waals surface area contributed by atoms with E-state index in [-0.39, 0.29) is 5.91 Å². The molecule has 1 amide bonds. The van der Waals surface area contributed by atoms with Crippen LogP contribution >= 0.6 is 11.6 Å². The van der Waals surface area contributed by atoms with Crippen LogP contribution in [0.4, 0.5) is 0 Å². The van der Waals surface area contributed by atoms with E-state index in [1.54, 1.807) is 0 Å². The van der Waals surface area contributed by atoms with E-state index >= 15 is 0 Å². The third kappa shape index (κ3) is 3.87. The minimum atomic E-state index is 0.271. The van der Waals surface area contributed by atoms with E-state index < -0.39 is 0 Å². The first-order valence-corrected chi connectivity index (χ1v) is 6.04. The molecule has 0 aliphatic heterocycles. The largest absolute Gasteiger partial charge is 0.340 e. The quantitative estimate of drug-likeness (QED) is 0.627. The number of hydrogen-bond acceptors (Lipinski definition) is 1. The summed E-state index contributed by atoms with van der Waals surface area (Å²) in [5.74, 6) is 1.63. The summed E-state index contributed by atoms with van der Waals surface area (Å²) in [6.07, 6.45) is 4.00. The van der Waals surface area contributed by atoms with Gasteiger partial charge in [-0.3, -0.25) is 4.79 Å². The molecule has 3 heteroatoms. The van der Waals surface area contributed by atoms with Crippen molar-refractivity contribution < 1.29 is 4.79 Å². The number of carbonyl (C=O) groups is 1. The first-order valence-electron chi connectivity index (χ1n) is 5.50. The van der Waals surface area contributed by atoms with Gasteiger partial charge in [-0.15, -0.1) is 11.6 Å². The molecule has 14 heavy (non-hydrogen) atoms. The number of alkyl halides is 1. The van der Waals surface area contributed by atoms with Crippen molar-refractivity contribution in [2.45, 2.75) is 45.6 Å². The third-order valence-electron chi connectivity index (χ3n) is 2.62. The van der Waals surface area contributed by atoms with Gasteiger partial charge in [0.2, 0.25) is 5.91 Å². The lowest BCUT2D eigenvalue weighted by molar-refractivity contribution is -0.133. The second-order valence-electron chi connectivity index (χ2n) is 4.38. The van der Waals surface area contributed by atoms with Crippen LogP contribution in [0.2, 0.25) is 0 Å². The van der Waals surface area contributed by atoms with Crippen molar-refractivity contribution in [1.82, 2.24) is 4.90 Å². The van der Waals surface area contributed by atoms with Crippen molar-refractivity contribution in [2.24, 2.45) is 5.92 Å². The van der Waals surface area contributed by atoms with Crippen molar-refractivity contribution in [3.63, 3.8) is 0 Å². The second kappa shape index (κ2) is 5.59. The second-order valence-corrected chi connectivity index (χ2v) is 4.75. The molecule has 2 nitrogen and oxygen atoms in total. The van der Waals surface area contributed by atoms with Crippen LogP contribution in [0, 0.1) is 5.92 Å². The van der Waals surface area contributed by atoms with Crippen LogP contribution in [0.1, 0.15) is 39.5 Å². The SMILES string of the molecule is CC(C)N(CC1CC1)C(=O)CCCCl. The summed E-state index contributed by atoms with van der Waals surface area (Å²) in [6, 6.07) is 0.332. The number of amides is 1. The van der Waals surface area contributed by atoms with E-state index in [9.17, 15) is 4.79 Å². The van der Waals surface area contributed by atoms with E-state index in [4.69, 9.17) is 11.6 Å². The fourth-order valence-corrected chi connectivity index (χ4v) is 1.67. The van der Waals surface area contributed by atoms with Gasteiger partial charge in [0.15, 0.2) is 0 Å². The maximum Gasteiger partial charge on any atom is 0.222 e. The first kappa shape index (κ1) is 11.8. The van der Waals surface area contributed by atoms with Gasteiger partial charge in [-0.25, -0.2) is 0 Å². The fraction of sp³-hybridized carbons (Fsp3) is 0.909. The molecule has 1 saturated carbocycles. The Balaban J connectivity index is 2.35. The van der Waals surface area contributed by atoms with Crippen LogP contribution in [-0.4, -0.2) is 29.3 Å². The summed E-state index contributed by atoms with van der Waals surface area (Å²) >= 11 is 5.58. The Hall–Kier alpha value is -0.240. The van der Waals surface area contributed by atoms with Crippen molar-refractivity contribution in [2.75, 3.05) is 12.4 Å². The normalized spacial score (nSPS) is 16.0. The molecule has 0 unspecified atom stereocenters. The Bertz CT molecular complexity index is 190. The molecular weight excluding hydrogens is 198 g/mol. The van der Waals surface area contributed by atoms with Crippen LogP contribution in [0.15, 0.2) is 0 Å². The molecule has 1 fully saturated rings. The topological polar surface area (TPSA) is 20.3 Å². The minimum Gasteiger partial charge on any atom is -0.340 e. The van der Waals surface area contributed by atoms with Gasteiger partial charge in [-0.1, -0.05) is 0 Å². The predicted molar refractivity (Wildman–Crippen MR) is 59.5 cm³/mol. The molecule has 0 N–H and O–H groups in total. The lowest BCUT2D eigenvalue weighted by atomic mass is 10.2. The highest BCUT2D eigenvalue weighted by atomic mass is 35.5. The van der Waals surface area contributed by atoms with Gasteiger partial charge in [0.1, 0.15) is 0 Å². The summed E-state index contributed by atoms with van der Waals surface area (Å²) < 4.78 is 0. The average Bonchev–Trinajstić information content (AvgIpc) is 2.93. The Kier molecular flexibility index (Phi) is 4.73. The van der Waals surface area contributed by atoms with Crippen molar-refractivity contribution >= 4 is 17.5 Å². The molecule has 1 rings (SSSR count). The van der Waals surface area contributed by atoms with Gasteiger partial charge in [0.25, 0.3) is 0 Å². The number of hydrogen-bond donors (Lipinski definition) is 0. The van der Waals surface area contributed by atoms with Crippen LogP contribution in [0.5, 0.6) is 0 Å². The Morgan fingerprint density at radius 1 is 1.50 bits per heavy atom. The average molecular weight is 218 g/mol. The van der Waals surface area contributed by atoms with Gasteiger partial charge >= 0.3 is 0 Å². The standard InChI is InChI=1S/C11H20ClNO/c1-9(2)13(8-10-5-6-10)11(14)4-3-7-12/h9-10H,3-8H2,1-2H3. The Morgan fingerprint density at radius 2 is 2.14 bits per heavy atom. The molecule has 1 aliphatic carbocycles. The molecular formula is C11H20ClNO. The molecule has 0 spiro atoms. The van der Waals surface area contributed by atoms with E-state index in [1.807, 2.05) is 4.90 Å². The fourth-order valence-electron chi connectivity index (χ4n) is 1.54. The monoisotopic (exact) mass is 217 g/mol. The molecule has 0 atom stereocenters. The molecule has 0 aromatic rings. The highest BCUT2D eigenvalue weighted by Gasteiger charge is 2.27. The van der Waals surface area contributed by atoms with Gasteiger partial charge in [-0.2, -0.15) is 0 Å². The molecule has 0 radical (unpaired) electrons. The molecule has 82 valence electrons. The van der Waals surface area contributed by atoms with Crippen LogP contribution in [-0.2, 0) is 4.79 Å². The smallest absolute Gasteiger partial charge is 0.222 e. The summed E-state index contributed by atoms with van der Waals surface area (Å²) in [5, 5.41) is 0. The predicted octanol–water partition coefficient (Wildman–Crippen LogP) is 2.65. The molecule has 0 bridgehead atoms. The van der Waals surface area contributed by atoms with Gasteiger partial charge in [0, 0.05) is 24.9 Å². The third-order valence-corrected chi connectivity index (χ3v) is 2.89. The maximum absolute atomic E-state index is 11.8. The lowest BCUT2D eigenvalue weighted by Gasteiger charge is -2.26. The van der Waals surface area contributed by atoms with Crippen LogP contribution in [0.3, 0.4) is 0 Å². The summed E-state index contributed by atoms with van der Waals surface area (Å²) in [6.45, 7) is 5.13. The molecule has 0 aromatic heterocycles. The van der Waals surface area contributed by atoms with Gasteiger partial charge < -0.3 is 4.90 Å². The Labute approximate surface area is 91.6 Å². The lowest BCUT2D eigenvalue weighted by Crippen LogP contribution is -2.38. The van der Waals surface area contributed by atoms with Crippen LogP contribution < -0.4 is 0 Å². The molecule has 0 saturated heterocycles.